The maximum absolute atomic E-state index is 13.8. The summed E-state index contributed by atoms with van der Waals surface area (Å²) in [5, 5.41) is 3.37. The summed E-state index contributed by atoms with van der Waals surface area (Å²) in [5.74, 6) is -0.0193. The fourth-order valence-corrected chi connectivity index (χ4v) is 6.50. The number of fused-ring (bicyclic) bond motifs is 3. The van der Waals surface area contributed by atoms with E-state index in [-0.39, 0.29) is 17.9 Å². The van der Waals surface area contributed by atoms with Gasteiger partial charge in [-0.1, -0.05) is 46.5 Å². The monoisotopic (exact) mass is 472 g/mol. The second-order valence-electron chi connectivity index (χ2n) is 9.85. The maximum atomic E-state index is 13.8. The third kappa shape index (κ3) is 4.72. The van der Waals surface area contributed by atoms with Gasteiger partial charge in [0, 0.05) is 24.0 Å². The fourth-order valence-electron chi connectivity index (χ4n) is 5.46. The van der Waals surface area contributed by atoms with Gasteiger partial charge in [0.05, 0.1) is 16.8 Å². The van der Waals surface area contributed by atoms with E-state index in [2.05, 4.69) is 41.6 Å². The number of rotatable bonds is 8. The summed E-state index contributed by atoms with van der Waals surface area (Å²) >= 11 is 1.76. The summed E-state index contributed by atoms with van der Waals surface area (Å²) in [7, 11) is 0. The molecule has 2 amide bonds. The van der Waals surface area contributed by atoms with Crippen LogP contribution in [-0.4, -0.2) is 63.9 Å². The van der Waals surface area contributed by atoms with Crippen LogP contribution in [0, 0.1) is 0 Å². The number of aromatic nitrogens is 1. The normalized spacial score (nSPS) is 22.1. The summed E-state index contributed by atoms with van der Waals surface area (Å²) in [6, 6.07) is 4.45. The molecule has 1 aliphatic heterocycles. The highest BCUT2D eigenvalue weighted by molar-refractivity contribution is 7.19. The van der Waals surface area contributed by atoms with Gasteiger partial charge in [0.25, 0.3) is 5.91 Å². The predicted octanol–water partition coefficient (Wildman–Crippen LogP) is 4.66. The molecule has 7 heteroatoms. The summed E-state index contributed by atoms with van der Waals surface area (Å²) in [4.78, 5) is 33.1. The molecule has 0 saturated heterocycles. The summed E-state index contributed by atoms with van der Waals surface area (Å²) in [6.45, 7) is 12.1. The van der Waals surface area contributed by atoms with Crippen molar-refractivity contribution >= 4 is 33.4 Å². The van der Waals surface area contributed by atoms with Gasteiger partial charge in [-0.2, -0.15) is 0 Å². The molecule has 182 valence electrons. The van der Waals surface area contributed by atoms with Crippen molar-refractivity contribution in [1.29, 1.82) is 0 Å². The second-order valence-corrected chi connectivity index (χ2v) is 11.0. The molecule has 0 aromatic carbocycles. The lowest BCUT2D eigenvalue weighted by molar-refractivity contribution is -0.133. The molecule has 1 atom stereocenters. The van der Waals surface area contributed by atoms with Crippen LogP contribution < -0.4 is 5.32 Å². The summed E-state index contributed by atoms with van der Waals surface area (Å²) in [6.07, 6.45) is 7.91. The fraction of sp³-hybridized carbons (Fsp3) is 0.692. The van der Waals surface area contributed by atoms with Crippen LogP contribution in [0.25, 0.3) is 10.2 Å². The van der Waals surface area contributed by atoms with Crippen LogP contribution in [0.1, 0.15) is 81.6 Å². The number of thiophene rings is 1. The number of nitrogens with one attached hydrogen (secondary N) is 1. The molecule has 0 spiro atoms. The molecule has 1 fully saturated rings. The third-order valence-electron chi connectivity index (χ3n) is 7.73. The van der Waals surface area contributed by atoms with Crippen LogP contribution in [0.5, 0.6) is 0 Å². The van der Waals surface area contributed by atoms with E-state index in [1.54, 1.807) is 11.3 Å². The second kappa shape index (κ2) is 10.2. The van der Waals surface area contributed by atoms with Gasteiger partial charge >= 0.3 is 0 Å². The molecule has 1 unspecified atom stereocenters. The molecule has 0 radical (unpaired) electrons. The standard InChI is InChI=1S/C26H40N4O2S/c1-5-20-16-21-23(33-20)17-22-24(31)30(15-14-28(6-2)7-3)26(4,18-29(21)22)25(32)27-19-12-10-8-9-11-13-19/h16-17,19H,5-15,18H2,1-4H3,(H,27,32). The largest absolute Gasteiger partial charge is 0.351 e. The molecular formula is C26H40N4O2S. The highest BCUT2D eigenvalue weighted by atomic mass is 32.1. The van der Waals surface area contributed by atoms with E-state index in [0.29, 0.717) is 13.1 Å². The van der Waals surface area contributed by atoms with E-state index in [9.17, 15) is 9.59 Å². The summed E-state index contributed by atoms with van der Waals surface area (Å²) < 4.78 is 3.25. The van der Waals surface area contributed by atoms with Crippen LogP contribution in [0.2, 0.25) is 0 Å². The van der Waals surface area contributed by atoms with Gasteiger partial charge in [0.2, 0.25) is 5.91 Å². The third-order valence-corrected chi connectivity index (χ3v) is 8.94. The SMILES string of the molecule is CCc1cc2c(cc3n2CC(C)(C(=O)NC2CCCCCC2)N(CCN(CC)CC)C3=O)s1. The van der Waals surface area contributed by atoms with Crippen LogP contribution >= 0.6 is 11.3 Å². The zero-order valence-electron chi connectivity index (χ0n) is 20.8. The molecule has 2 aromatic heterocycles. The minimum absolute atomic E-state index is 0.000687. The number of likely N-dealkylation sites (N-methyl/N-ethyl adjacent to an activating group) is 1. The number of aryl methyl sites for hydroxylation is 1. The molecule has 1 aliphatic carbocycles. The van der Waals surface area contributed by atoms with E-state index < -0.39 is 5.54 Å². The van der Waals surface area contributed by atoms with E-state index >= 15 is 0 Å². The zero-order valence-corrected chi connectivity index (χ0v) is 21.6. The molecule has 3 heterocycles. The number of nitrogens with zero attached hydrogens (tertiary/aromatic N) is 3. The van der Waals surface area contributed by atoms with Crippen LogP contribution in [0.4, 0.5) is 0 Å². The van der Waals surface area contributed by atoms with Crippen molar-refractivity contribution in [2.75, 3.05) is 26.2 Å². The lowest BCUT2D eigenvalue weighted by Gasteiger charge is -2.45. The van der Waals surface area contributed by atoms with Gasteiger partial charge < -0.3 is 19.7 Å². The number of carbonyl (C=O) groups excluding carboxylic acids is 2. The Morgan fingerprint density at radius 1 is 1.15 bits per heavy atom. The first kappa shape index (κ1) is 24.3. The average molecular weight is 473 g/mol. The van der Waals surface area contributed by atoms with Crippen LogP contribution in [-0.2, 0) is 17.8 Å². The minimum Gasteiger partial charge on any atom is -0.351 e. The van der Waals surface area contributed by atoms with Gasteiger partial charge in [-0.3, -0.25) is 9.59 Å². The van der Waals surface area contributed by atoms with Crippen LogP contribution in [0.3, 0.4) is 0 Å². The van der Waals surface area contributed by atoms with Crippen molar-refractivity contribution in [2.24, 2.45) is 0 Å². The topological polar surface area (TPSA) is 57.6 Å². The van der Waals surface area contributed by atoms with Crippen molar-refractivity contribution in [3.05, 3.63) is 22.7 Å². The average Bonchev–Trinajstić information content (AvgIpc) is 3.25. The van der Waals surface area contributed by atoms with Gasteiger partial charge in [-0.05, 0) is 51.4 Å². The van der Waals surface area contributed by atoms with E-state index in [1.165, 1.54) is 30.6 Å². The van der Waals surface area contributed by atoms with Crippen molar-refractivity contribution in [3.63, 3.8) is 0 Å². The number of hydrogen-bond donors (Lipinski definition) is 1. The molecule has 4 rings (SSSR count). The molecule has 2 aromatic rings. The molecule has 1 N–H and O–H groups in total. The highest BCUT2D eigenvalue weighted by Gasteiger charge is 2.48. The molecular weight excluding hydrogens is 432 g/mol. The number of carbonyl (C=O) groups is 2. The van der Waals surface area contributed by atoms with Gasteiger partial charge in [-0.25, -0.2) is 0 Å². The van der Waals surface area contributed by atoms with Gasteiger partial charge in [-0.15, -0.1) is 11.3 Å². The maximum Gasteiger partial charge on any atom is 0.271 e. The van der Waals surface area contributed by atoms with E-state index in [0.717, 1.165) is 54.8 Å². The van der Waals surface area contributed by atoms with Crippen molar-refractivity contribution < 1.29 is 9.59 Å². The van der Waals surface area contributed by atoms with Crippen LogP contribution in [0.15, 0.2) is 12.1 Å². The molecule has 6 nitrogen and oxygen atoms in total. The Balaban J connectivity index is 1.67. The first-order valence-electron chi connectivity index (χ1n) is 12.9. The molecule has 1 saturated carbocycles. The smallest absolute Gasteiger partial charge is 0.271 e. The number of hydrogen-bond acceptors (Lipinski definition) is 4. The lowest BCUT2D eigenvalue weighted by Crippen LogP contribution is -2.65. The quantitative estimate of drug-likeness (QED) is 0.569. The first-order chi connectivity index (χ1) is 15.9. The van der Waals surface area contributed by atoms with E-state index in [4.69, 9.17) is 0 Å². The Hall–Kier alpha value is -1.86. The van der Waals surface area contributed by atoms with Crippen molar-refractivity contribution in [3.8, 4) is 0 Å². The Kier molecular flexibility index (Phi) is 7.49. The lowest BCUT2D eigenvalue weighted by atomic mass is 9.93. The Morgan fingerprint density at radius 2 is 1.85 bits per heavy atom. The molecule has 0 bridgehead atoms. The highest BCUT2D eigenvalue weighted by Crippen LogP contribution is 2.36. The Bertz CT molecular complexity index is 984. The molecule has 33 heavy (non-hydrogen) atoms. The zero-order chi connectivity index (χ0) is 23.6. The minimum atomic E-state index is -0.899. The van der Waals surface area contributed by atoms with Crippen molar-refractivity contribution in [1.82, 2.24) is 19.7 Å². The number of amides is 2. The van der Waals surface area contributed by atoms with Gasteiger partial charge in [0.15, 0.2) is 0 Å². The first-order valence-corrected chi connectivity index (χ1v) is 13.7. The van der Waals surface area contributed by atoms with Crippen molar-refractivity contribution in [2.45, 2.75) is 90.8 Å². The summed E-state index contributed by atoms with van der Waals surface area (Å²) in [5.41, 5.74) is 0.916. The van der Waals surface area contributed by atoms with E-state index in [1.807, 2.05) is 17.9 Å². The molecule has 2 aliphatic rings. The Morgan fingerprint density at radius 3 is 2.48 bits per heavy atom. The van der Waals surface area contributed by atoms with Gasteiger partial charge in [0.1, 0.15) is 11.2 Å². The predicted molar refractivity (Wildman–Crippen MR) is 136 cm³/mol. The Labute approximate surface area is 202 Å².